The van der Waals surface area contributed by atoms with E-state index >= 15 is 0 Å². The molecule has 0 heterocycles. The first-order valence-electron chi connectivity index (χ1n) is 2.02. The van der Waals surface area contributed by atoms with Gasteiger partial charge in [-0.05, 0) is 0 Å². The van der Waals surface area contributed by atoms with Gasteiger partial charge in [0.25, 0.3) is 0 Å². The van der Waals surface area contributed by atoms with Crippen LogP contribution in [0.4, 0.5) is 0 Å². The number of carbonyl (C=O) groups is 1. The minimum absolute atomic E-state index is 0.292. The van der Waals surface area contributed by atoms with Crippen molar-refractivity contribution >= 4 is 14.7 Å². The number of aliphatic carboxylic acids is 1. The molecule has 0 aliphatic rings. The van der Waals surface area contributed by atoms with Gasteiger partial charge in [0.15, 0.2) is 0 Å². The standard InChI is InChI=1S/C3H5O2.HO2P.Ti/c1-2-3(4)5;1-3-2;/h1-2H2,(H,4,5);(H,1,2);. The summed E-state index contributed by atoms with van der Waals surface area (Å²) in [6.07, 6.45) is 0.292. The summed E-state index contributed by atoms with van der Waals surface area (Å²) in [5.41, 5.74) is 0. The van der Waals surface area contributed by atoms with Crippen molar-refractivity contribution in [2.24, 2.45) is 0 Å². The third-order valence-corrected chi connectivity index (χ3v) is 0.729. The molecule has 0 saturated heterocycles. The maximum Gasteiger partial charge on any atom is 0.324 e. The molecular formula is C3H6O4PTi. The quantitative estimate of drug-likeness (QED) is 0.488. The van der Waals surface area contributed by atoms with Crippen molar-refractivity contribution < 1.29 is 39.8 Å². The van der Waals surface area contributed by atoms with Gasteiger partial charge in [-0.25, -0.2) is 4.57 Å². The zero-order chi connectivity index (χ0) is 7.70. The van der Waals surface area contributed by atoms with Crippen molar-refractivity contribution in [3.63, 3.8) is 0 Å². The number of carboxylic acids is 1. The molecule has 6 heteroatoms. The van der Waals surface area contributed by atoms with Crippen molar-refractivity contribution in [3.8, 4) is 0 Å². The Hall–Kier alpha value is 0.244. The van der Waals surface area contributed by atoms with E-state index in [9.17, 15) is 4.79 Å². The Morgan fingerprint density at radius 1 is 1.67 bits per heavy atom. The molecule has 9 heavy (non-hydrogen) atoms. The fourth-order valence-electron chi connectivity index (χ4n) is 0.107. The summed E-state index contributed by atoms with van der Waals surface area (Å²) in [6, 6.07) is 0. The van der Waals surface area contributed by atoms with Crippen LogP contribution < -0.4 is 0 Å². The topological polar surface area (TPSA) is 74.6 Å². The molecule has 0 aliphatic carbocycles. The van der Waals surface area contributed by atoms with E-state index in [1.807, 2.05) is 20.4 Å². The summed E-state index contributed by atoms with van der Waals surface area (Å²) in [4.78, 5) is 16.6. The van der Waals surface area contributed by atoms with Gasteiger partial charge in [0.05, 0.1) is 0 Å². The molecule has 0 aromatic heterocycles. The van der Waals surface area contributed by atoms with Crippen molar-refractivity contribution in [1.82, 2.24) is 0 Å². The van der Waals surface area contributed by atoms with Gasteiger partial charge in [0.1, 0.15) is 0 Å². The molecule has 0 amide bonds. The number of hydrogen-bond acceptors (Lipinski definition) is 2. The monoisotopic (exact) mass is 185 g/mol. The molecular weight excluding hydrogens is 179 g/mol. The Kier molecular flexibility index (Phi) is 14.8. The van der Waals surface area contributed by atoms with Crippen LogP contribution in [0.3, 0.4) is 0 Å². The van der Waals surface area contributed by atoms with Crippen molar-refractivity contribution in [1.29, 1.82) is 0 Å². The molecule has 0 aromatic rings. The van der Waals surface area contributed by atoms with E-state index in [1.54, 1.807) is 0 Å². The van der Waals surface area contributed by atoms with Crippen LogP contribution in [-0.4, -0.2) is 16.0 Å². The fraction of sp³-hybridized carbons (Fsp3) is 0.667. The Bertz CT molecular complexity index is 85.9. The van der Waals surface area contributed by atoms with Crippen molar-refractivity contribution in [2.75, 3.05) is 0 Å². The second kappa shape index (κ2) is 11.1. The zero-order valence-corrected chi connectivity index (χ0v) is 7.03. The molecule has 0 atom stereocenters. The van der Waals surface area contributed by atoms with Crippen LogP contribution in [0.2, 0.25) is 4.73 Å². The summed E-state index contributed by atoms with van der Waals surface area (Å²) in [6.45, 7) is 0. The minimum Gasteiger partial charge on any atom is -0.310 e. The summed E-state index contributed by atoms with van der Waals surface area (Å²) in [7, 11) is -0.833. The van der Waals surface area contributed by atoms with E-state index in [1.165, 1.54) is 0 Å². The molecule has 2 N–H and O–H groups in total. The maximum absolute atomic E-state index is 9.60. The molecule has 0 unspecified atom stereocenters. The first-order valence-corrected chi connectivity index (χ1v) is 3.89. The SMILES string of the molecule is O=C(O)C[CH2][Ti].O=PO. The predicted octanol–water partition coefficient (Wildman–Crippen LogP) is 0.612. The Labute approximate surface area is 66.0 Å². The van der Waals surface area contributed by atoms with E-state index < -0.39 is 14.7 Å². The Morgan fingerprint density at radius 2 is 2.00 bits per heavy atom. The average Bonchev–Trinajstić information content (AvgIpc) is 1.67. The van der Waals surface area contributed by atoms with Gasteiger partial charge in [-0.15, -0.1) is 0 Å². The maximum atomic E-state index is 9.60. The molecule has 4 nitrogen and oxygen atoms in total. The van der Waals surface area contributed by atoms with E-state index in [0.29, 0.717) is 6.42 Å². The largest absolute Gasteiger partial charge is 0.324 e. The molecule has 0 bridgehead atoms. The molecule has 0 aromatic carbocycles. The summed E-state index contributed by atoms with van der Waals surface area (Å²) >= 11 is 1.84. The third kappa shape index (κ3) is 30.5. The van der Waals surface area contributed by atoms with E-state index in [4.69, 9.17) is 14.6 Å². The first kappa shape index (κ1) is 12.0. The van der Waals surface area contributed by atoms with Gasteiger partial charge in [-0.3, -0.25) is 0 Å². The van der Waals surface area contributed by atoms with Crippen LogP contribution in [0.5, 0.6) is 0 Å². The zero-order valence-electron chi connectivity index (χ0n) is 4.57. The van der Waals surface area contributed by atoms with E-state index in [2.05, 4.69) is 0 Å². The van der Waals surface area contributed by atoms with Gasteiger partial charge in [-0.1, -0.05) is 0 Å². The smallest absolute Gasteiger partial charge is 0.310 e. The van der Waals surface area contributed by atoms with Gasteiger partial charge >= 0.3 is 56.1 Å². The summed E-state index contributed by atoms with van der Waals surface area (Å²) in [5, 5.41) is 7.91. The van der Waals surface area contributed by atoms with Gasteiger partial charge in [0, 0.05) is 0 Å². The van der Waals surface area contributed by atoms with Gasteiger partial charge in [-0.2, -0.15) is 0 Å². The second-order valence-electron chi connectivity index (χ2n) is 0.975. The number of rotatable bonds is 2. The molecule has 0 spiro atoms. The Balaban J connectivity index is 0. The van der Waals surface area contributed by atoms with Crippen molar-refractivity contribution in [2.45, 2.75) is 11.1 Å². The molecule has 0 rings (SSSR count). The molecule has 0 radical (unpaired) electrons. The summed E-state index contributed by atoms with van der Waals surface area (Å²) in [5.74, 6) is -0.711. The molecule has 0 aliphatic heterocycles. The fourth-order valence-corrected chi connectivity index (χ4v) is 0.441. The summed E-state index contributed by atoms with van der Waals surface area (Å²) < 4.78 is 9.19. The predicted molar refractivity (Wildman–Crippen MR) is 26.9 cm³/mol. The molecule has 0 fully saturated rings. The van der Waals surface area contributed by atoms with Crippen LogP contribution in [0, 0.1) is 0 Å². The normalized spacial score (nSPS) is 7.56. The van der Waals surface area contributed by atoms with Crippen LogP contribution in [-0.2, 0) is 29.8 Å². The third-order valence-electron chi connectivity index (χ3n) is 0.339. The number of hydrogen-bond donors (Lipinski definition) is 2. The van der Waals surface area contributed by atoms with Crippen LogP contribution in [0.25, 0.3) is 0 Å². The van der Waals surface area contributed by atoms with Crippen LogP contribution >= 0.6 is 8.69 Å². The Morgan fingerprint density at radius 3 is 2.00 bits per heavy atom. The van der Waals surface area contributed by atoms with Gasteiger partial charge < -0.3 is 4.89 Å². The molecule has 0 saturated carbocycles. The van der Waals surface area contributed by atoms with E-state index in [-0.39, 0.29) is 0 Å². The molecule has 51 valence electrons. The minimum atomic E-state index is -0.833. The van der Waals surface area contributed by atoms with Crippen LogP contribution in [0.15, 0.2) is 0 Å². The first-order chi connectivity index (χ1) is 4.18. The van der Waals surface area contributed by atoms with Crippen molar-refractivity contribution in [3.05, 3.63) is 0 Å². The second-order valence-corrected chi connectivity index (χ2v) is 1.92. The van der Waals surface area contributed by atoms with Gasteiger partial charge in [0.2, 0.25) is 0 Å². The van der Waals surface area contributed by atoms with E-state index in [0.717, 1.165) is 4.73 Å². The van der Waals surface area contributed by atoms with Crippen LogP contribution in [0.1, 0.15) is 6.42 Å². The number of carboxylic acid groups (broad SMARTS) is 1. The average molecular weight is 185 g/mol.